The topological polar surface area (TPSA) is 80.3 Å². The number of para-hydroxylation sites is 1. The normalized spacial score (nSPS) is 12.7. The maximum absolute atomic E-state index is 12.7. The summed E-state index contributed by atoms with van der Waals surface area (Å²) in [5, 5.41) is 6.44. The molecular weight excluding hydrogens is 318 g/mol. The number of alkyl carbamates (subject to hydrolysis) is 1. The Balaban J connectivity index is 2.16. The number of pyridine rings is 1. The van der Waals surface area contributed by atoms with Gasteiger partial charge in [-0.3, -0.25) is 9.78 Å². The molecule has 1 aromatic heterocycles. The van der Waals surface area contributed by atoms with Gasteiger partial charge >= 0.3 is 6.09 Å². The van der Waals surface area contributed by atoms with Crippen molar-refractivity contribution in [1.29, 1.82) is 0 Å². The lowest BCUT2D eigenvalue weighted by Crippen LogP contribution is -2.48. The van der Waals surface area contributed by atoms with Crippen molar-refractivity contribution in [1.82, 2.24) is 10.3 Å². The molecule has 0 aliphatic rings. The number of nitrogens with one attached hydrogen (secondary N) is 2. The minimum absolute atomic E-state index is 0.101. The zero-order chi connectivity index (χ0) is 18.6. The Kier molecular flexibility index (Phi) is 5.62. The number of hydrogen-bond donors (Lipinski definition) is 2. The van der Waals surface area contributed by atoms with Gasteiger partial charge in [-0.1, -0.05) is 32.0 Å². The molecule has 2 N–H and O–H groups in total. The first kappa shape index (κ1) is 18.7. The summed E-state index contributed by atoms with van der Waals surface area (Å²) >= 11 is 0. The second-order valence-electron chi connectivity index (χ2n) is 7.24. The molecule has 134 valence electrons. The van der Waals surface area contributed by atoms with Gasteiger partial charge in [0.25, 0.3) is 0 Å². The van der Waals surface area contributed by atoms with Gasteiger partial charge in [-0.25, -0.2) is 4.79 Å². The standard InChI is InChI=1S/C19H25N3O3/c1-12(2)15(22-18(24)25-19(3,4)5)17(23)21-14-10-6-8-13-9-7-11-20-16(13)14/h6-12,15H,1-5H3,(H,21,23)(H,22,24). The molecule has 0 bridgehead atoms. The van der Waals surface area contributed by atoms with Crippen LogP contribution in [-0.4, -0.2) is 28.6 Å². The number of hydrogen-bond acceptors (Lipinski definition) is 4. The maximum Gasteiger partial charge on any atom is 0.408 e. The van der Waals surface area contributed by atoms with E-state index in [1.165, 1.54) is 0 Å². The predicted octanol–water partition coefficient (Wildman–Crippen LogP) is 3.72. The molecule has 1 atom stereocenters. The molecule has 0 aliphatic heterocycles. The molecule has 1 unspecified atom stereocenters. The van der Waals surface area contributed by atoms with Crippen LogP contribution < -0.4 is 10.6 Å². The maximum atomic E-state index is 12.7. The van der Waals surface area contributed by atoms with E-state index in [1.54, 1.807) is 33.0 Å². The highest BCUT2D eigenvalue weighted by atomic mass is 16.6. The first-order valence-electron chi connectivity index (χ1n) is 8.31. The van der Waals surface area contributed by atoms with E-state index in [4.69, 9.17) is 4.74 Å². The molecule has 1 aromatic carbocycles. The zero-order valence-electron chi connectivity index (χ0n) is 15.3. The zero-order valence-corrected chi connectivity index (χ0v) is 15.3. The lowest BCUT2D eigenvalue weighted by molar-refractivity contribution is -0.119. The Morgan fingerprint density at radius 3 is 2.44 bits per heavy atom. The van der Waals surface area contributed by atoms with Gasteiger partial charge in [0.1, 0.15) is 11.6 Å². The van der Waals surface area contributed by atoms with E-state index in [-0.39, 0.29) is 11.8 Å². The monoisotopic (exact) mass is 343 g/mol. The molecule has 0 saturated carbocycles. The molecule has 25 heavy (non-hydrogen) atoms. The Morgan fingerprint density at radius 2 is 1.80 bits per heavy atom. The van der Waals surface area contributed by atoms with E-state index in [9.17, 15) is 9.59 Å². The molecular formula is C19H25N3O3. The van der Waals surface area contributed by atoms with Crippen molar-refractivity contribution in [2.45, 2.75) is 46.3 Å². The average Bonchev–Trinajstić information content (AvgIpc) is 2.51. The summed E-state index contributed by atoms with van der Waals surface area (Å²) in [6.07, 6.45) is 1.06. The molecule has 0 radical (unpaired) electrons. The van der Waals surface area contributed by atoms with Crippen LogP contribution in [0.3, 0.4) is 0 Å². The summed E-state index contributed by atoms with van der Waals surface area (Å²) < 4.78 is 5.25. The predicted molar refractivity (Wildman–Crippen MR) is 98.4 cm³/mol. The minimum atomic E-state index is -0.714. The number of amides is 2. The van der Waals surface area contributed by atoms with Crippen molar-refractivity contribution in [2.75, 3.05) is 5.32 Å². The third-order valence-corrected chi connectivity index (χ3v) is 3.51. The molecule has 0 saturated heterocycles. The highest BCUT2D eigenvalue weighted by molar-refractivity contribution is 6.03. The van der Waals surface area contributed by atoms with E-state index in [0.717, 1.165) is 5.39 Å². The number of anilines is 1. The third-order valence-electron chi connectivity index (χ3n) is 3.51. The van der Waals surface area contributed by atoms with E-state index >= 15 is 0 Å². The van der Waals surface area contributed by atoms with Crippen LogP contribution in [0.1, 0.15) is 34.6 Å². The van der Waals surface area contributed by atoms with Crippen LogP contribution in [0.2, 0.25) is 0 Å². The van der Waals surface area contributed by atoms with Crippen LogP contribution in [0.5, 0.6) is 0 Å². The summed E-state index contributed by atoms with van der Waals surface area (Å²) in [6.45, 7) is 9.06. The smallest absolute Gasteiger partial charge is 0.408 e. The molecule has 6 nitrogen and oxygen atoms in total. The van der Waals surface area contributed by atoms with Crippen molar-refractivity contribution in [3.63, 3.8) is 0 Å². The minimum Gasteiger partial charge on any atom is -0.444 e. The van der Waals surface area contributed by atoms with Crippen LogP contribution >= 0.6 is 0 Å². The van der Waals surface area contributed by atoms with Gasteiger partial charge in [0.15, 0.2) is 0 Å². The molecule has 0 fully saturated rings. The van der Waals surface area contributed by atoms with Crippen molar-refractivity contribution in [3.05, 3.63) is 36.5 Å². The highest BCUT2D eigenvalue weighted by Gasteiger charge is 2.27. The Morgan fingerprint density at radius 1 is 1.12 bits per heavy atom. The van der Waals surface area contributed by atoms with Gasteiger partial charge in [0, 0.05) is 11.6 Å². The number of aromatic nitrogens is 1. The molecule has 2 amide bonds. The van der Waals surface area contributed by atoms with E-state index in [0.29, 0.717) is 11.2 Å². The first-order valence-corrected chi connectivity index (χ1v) is 8.31. The summed E-state index contributed by atoms with van der Waals surface area (Å²) in [4.78, 5) is 29.0. The van der Waals surface area contributed by atoms with E-state index in [1.807, 2.05) is 38.1 Å². The SMILES string of the molecule is CC(C)C(NC(=O)OC(C)(C)C)C(=O)Nc1cccc2cccnc12. The molecule has 6 heteroatoms. The van der Waals surface area contributed by atoms with Crippen LogP contribution in [0.4, 0.5) is 10.5 Å². The second kappa shape index (κ2) is 7.51. The Labute approximate surface area is 148 Å². The van der Waals surface area contributed by atoms with Crippen molar-refractivity contribution < 1.29 is 14.3 Å². The molecule has 1 heterocycles. The van der Waals surface area contributed by atoms with Gasteiger partial charge < -0.3 is 15.4 Å². The van der Waals surface area contributed by atoms with E-state index < -0.39 is 17.7 Å². The van der Waals surface area contributed by atoms with Gasteiger partial charge in [-0.05, 0) is 38.8 Å². The number of rotatable bonds is 4. The number of ether oxygens (including phenoxy) is 1. The summed E-state index contributed by atoms with van der Waals surface area (Å²) in [6, 6.07) is 8.63. The fourth-order valence-corrected chi connectivity index (χ4v) is 2.39. The lowest BCUT2D eigenvalue weighted by atomic mass is 10.0. The number of fused-ring (bicyclic) bond motifs is 1. The Bertz CT molecular complexity index is 761. The number of benzene rings is 1. The van der Waals surface area contributed by atoms with Gasteiger partial charge in [0.2, 0.25) is 5.91 Å². The summed E-state index contributed by atoms with van der Waals surface area (Å²) in [5.41, 5.74) is 0.694. The fourth-order valence-electron chi connectivity index (χ4n) is 2.39. The van der Waals surface area contributed by atoms with Crippen LogP contribution in [0.15, 0.2) is 36.5 Å². The highest BCUT2D eigenvalue weighted by Crippen LogP contribution is 2.21. The Hall–Kier alpha value is -2.63. The molecule has 0 spiro atoms. The third kappa shape index (κ3) is 5.17. The molecule has 2 aromatic rings. The van der Waals surface area contributed by atoms with Crippen molar-refractivity contribution >= 4 is 28.6 Å². The lowest BCUT2D eigenvalue weighted by Gasteiger charge is -2.25. The van der Waals surface area contributed by atoms with E-state index in [2.05, 4.69) is 15.6 Å². The largest absolute Gasteiger partial charge is 0.444 e. The van der Waals surface area contributed by atoms with Crippen molar-refractivity contribution in [2.24, 2.45) is 5.92 Å². The number of carbonyl (C=O) groups is 2. The molecule has 2 rings (SSSR count). The first-order chi connectivity index (χ1) is 11.7. The second-order valence-corrected chi connectivity index (χ2v) is 7.24. The van der Waals surface area contributed by atoms with Crippen LogP contribution in [0, 0.1) is 5.92 Å². The fraction of sp³-hybridized carbons (Fsp3) is 0.421. The summed E-state index contributed by atoms with van der Waals surface area (Å²) in [7, 11) is 0. The van der Waals surface area contributed by atoms with Gasteiger partial charge in [-0.2, -0.15) is 0 Å². The number of carbonyl (C=O) groups excluding carboxylic acids is 2. The number of nitrogens with zero attached hydrogens (tertiary/aromatic N) is 1. The van der Waals surface area contributed by atoms with Crippen molar-refractivity contribution in [3.8, 4) is 0 Å². The quantitative estimate of drug-likeness (QED) is 0.886. The average molecular weight is 343 g/mol. The van der Waals surface area contributed by atoms with Crippen LogP contribution in [-0.2, 0) is 9.53 Å². The molecule has 0 aliphatic carbocycles. The van der Waals surface area contributed by atoms with Crippen LogP contribution in [0.25, 0.3) is 10.9 Å². The summed E-state index contributed by atoms with van der Waals surface area (Å²) in [5.74, 6) is -0.408. The van der Waals surface area contributed by atoms with Gasteiger partial charge in [0.05, 0.1) is 11.2 Å². The van der Waals surface area contributed by atoms with Gasteiger partial charge in [-0.15, -0.1) is 0 Å².